The number of ether oxygens (including phenoxy) is 3. The van der Waals surface area contributed by atoms with E-state index in [0.717, 1.165) is 39.1 Å². The predicted octanol–water partition coefficient (Wildman–Crippen LogP) is 4.32. The molecule has 4 aromatic heterocycles. The van der Waals surface area contributed by atoms with Gasteiger partial charge in [-0.2, -0.15) is 5.43 Å². The Morgan fingerprint density at radius 1 is 1.18 bits per heavy atom. The van der Waals surface area contributed by atoms with E-state index in [9.17, 15) is 24.3 Å². The van der Waals surface area contributed by atoms with Gasteiger partial charge in [-0.25, -0.2) is 19.6 Å². The van der Waals surface area contributed by atoms with Gasteiger partial charge in [-0.3, -0.25) is 19.6 Å². The zero-order chi connectivity index (χ0) is 44.7. The largest absolute Gasteiger partial charge is 0.462 e. The Labute approximate surface area is 366 Å². The van der Waals surface area contributed by atoms with Crippen LogP contribution in [0.1, 0.15) is 76.8 Å². The van der Waals surface area contributed by atoms with Crippen molar-refractivity contribution in [3.63, 3.8) is 0 Å². The van der Waals surface area contributed by atoms with Gasteiger partial charge in [0.25, 0.3) is 5.91 Å². The minimum absolute atomic E-state index is 0.00425. The van der Waals surface area contributed by atoms with Crippen molar-refractivity contribution in [2.45, 2.75) is 104 Å². The van der Waals surface area contributed by atoms with Gasteiger partial charge in [0, 0.05) is 86.9 Å². The van der Waals surface area contributed by atoms with Crippen LogP contribution in [0.3, 0.4) is 0 Å². The minimum Gasteiger partial charge on any atom is -0.462 e. The third-order valence-corrected chi connectivity index (χ3v) is 13.0. The number of likely N-dealkylation sites (N-methyl/N-ethyl adjacent to an activating group) is 1. The van der Waals surface area contributed by atoms with E-state index in [0.29, 0.717) is 36.8 Å². The topological polar surface area (TPSA) is 194 Å². The number of aliphatic hydroxyl groups is 1. The number of esters is 1. The van der Waals surface area contributed by atoms with Crippen molar-refractivity contribution in [2.75, 3.05) is 47.5 Å². The van der Waals surface area contributed by atoms with Crippen LogP contribution in [0.15, 0.2) is 36.0 Å². The van der Waals surface area contributed by atoms with Gasteiger partial charge in [-0.15, -0.1) is 11.3 Å². The number of pyridine rings is 2. The van der Waals surface area contributed by atoms with Crippen LogP contribution in [0, 0.1) is 11.3 Å². The Bertz CT molecular complexity index is 2320. The van der Waals surface area contributed by atoms with Crippen molar-refractivity contribution in [1.82, 2.24) is 45.1 Å². The molecule has 334 valence electrons. The fourth-order valence-electron chi connectivity index (χ4n) is 8.70. The number of hydrazine groups is 1. The average Bonchev–Trinajstić information content (AvgIpc) is 3.82. The summed E-state index contributed by atoms with van der Waals surface area (Å²) in [7, 11) is 4.83. The van der Waals surface area contributed by atoms with Crippen molar-refractivity contribution >= 4 is 46.2 Å². The van der Waals surface area contributed by atoms with E-state index >= 15 is 0 Å². The third-order valence-electron chi connectivity index (χ3n) is 12.2. The number of amides is 4. The number of aromatic nitrogens is 4. The van der Waals surface area contributed by atoms with Crippen molar-refractivity contribution in [1.29, 1.82) is 0 Å². The highest BCUT2D eigenvalue weighted by Crippen LogP contribution is 2.41. The predicted molar refractivity (Wildman–Crippen MR) is 232 cm³/mol. The van der Waals surface area contributed by atoms with Crippen LogP contribution in [0.4, 0.5) is 4.79 Å². The highest BCUT2D eigenvalue weighted by Gasteiger charge is 2.46. The van der Waals surface area contributed by atoms with Gasteiger partial charge >= 0.3 is 12.0 Å². The summed E-state index contributed by atoms with van der Waals surface area (Å²) in [5.41, 5.74) is 5.67. The quantitative estimate of drug-likeness (QED) is 0.202. The molecule has 3 aliphatic heterocycles. The highest BCUT2D eigenvalue weighted by atomic mass is 32.1. The lowest BCUT2D eigenvalue weighted by molar-refractivity contribution is -0.189. The monoisotopic (exact) mass is 873 g/mol. The maximum absolute atomic E-state index is 14.5. The van der Waals surface area contributed by atoms with E-state index < -0.39 is 41.0 Å². The first-order chi connectivity index (χ1) is 29.5. The molecule has 2 fully saturated rings. The second kappa shape index (κ2) is 18.0. The van der Waals surface area contributed by atoms with E-state index in [-0.39, 0.29) is 56.6 Å². The van der Waals surface area contributed by atoms with Crippen molar-refractivity contribution in [2.24, 2.45) is 11.3 Å². The molecule has 0 saturated carbocycles. The summed E-state index contributed by atoms with van der Waals surface area (Å²) in [6, 6.07) is 3.59. The number of hydrogen-bond donors (Lipinski definition) is 3. The summed E-state index contributed by atoms with van der Waals surface area (Å²) >= 11 is 1.34. The molecule has 62 heavy (non-hydrogen) atoms. The van der Waals surface area contributed by atoms with E-state index in [1.54, 1.807) is 38.6 Å². The maximum Gasteiger partial charge on any atom is 0.355 e. The van der Waals surface area contributed by atoms with Crippen LogP contribution in [-0.2, 0) is 48.0 Å². The lowest BCUT2D eigenvalue weighted by Crippen LogP contribution is -2.67. The molecule has 4 amide bonds. The smallest absolute Gasteiger partial charge is 0.355 e. The number of rotatable bonds is 9. The molecule has 3 N–H and O–H groups in total. The molecule has 0 spiro atoms. The first-order valence-electron chi connectivity index (χ1n) is 21.3. The summed E-state index contributed by atoms with van der Waals surface area (Å²) in [4.78, 5) is 73.9. The molecule has 18 heteroatoms. The number of carbonyl (C=O) groups excluding carboxylic acids is 4. The Morgan fingerprint density at radius 2 is 1.94 bits per heavy atom. The average molecular weight is 874 g/mol. The van der Waals surface area contributed by atoms with Gasteiger partial charge in [-0.1, -0.05) is 27.7 Å². The molecule has 4 atom stereocenters. The van der Waals surface area contributed by atoms with Gasteiger partial charge < -0.3 is 39.0 Å². The van der Waals surface area contributed by atoms with Gasteiger partial charge in [0.15, 0.2) is 0 Å². The number of fused-ring (bicyclic) bond motifs is 6. The molecule has 4 aromatic rings. The number of nitrogens with one attached hydrogen (secondary N) is 2. The number of methoxy groups -OCH3 is 2. The molecule has 3 aliphatic rings. The first kappa shape index (κ1) is 45.0. The molecule has 7 rings (SSSR count). The summed E-state index contributed by atoms with van der Waals surface area (Å²) in [6.07, 6.45) is 3.91. The minimum atomic E-state index is -2.22. The van der Waals surface area contributed by atoms with E-state index in [1.165, 1.54) is 21.2 Å². The van der Waals surface area contributed by atoms with Gasteiger partial charge in [-0.05, 0) is 56.4 Å². The number of aryl methyl sites for hydroxylation is 1. The number of cyclic esters (lactones) is 1. The molecule has 0 unspecified atom stereocenters. The van der Waals surface area contributed by atoms with Crippen LogP contribution >= 0.6 is 11.3 Å². The molecule has 7 heterocycles. The molecule has 6 bridgehead atoms. The van der Waals surface area contributed by atoms with Gasteiger partial charge in [0.05, 0.1) is 54.0 Å². The van der Waals surface area contributed by atoms with E-state index in [1.807, 2.05) is 52.1 Å². The van der Waals surface area contributed by atoms with Crippen LogP contribution in [0.5, 0.6) is 0 Å². The van der Waals surface area contributed by atoms with Crippen LogP contribution < -0.4 is 10.7 Å². The lowest BCUT2D eigenvalue weighted by Gasteiger charge is -2.42. The van der Waals surface area contributed by atoms with Crippen molar-refractivity contribution in [3.05, 3.63) is 52.2 Å². The SMILES string of the molecule is CCn1c(-c2cccnc2[C@H](C)OC)c2c3cc(cnc31)-c1csc(n1)C[C@H](NC(=O)[C@H](C(C)C)N(C)C(=O)N1CC(OC)C1)C(=O)N1CCC[C@@](O)(N1)C(=O)OCC(C)(C)C2. The summed E-state index contributed by atoms with van der Waals surface area (Å²) in [5.74, 6) is -2.34. The zero-order valence-corrected chi connectivity index (χ0v) is 37.9. The summed E-state index contributed by atoms with van der Waals surface area (Å²) in [6.45, 7) is 13.2. The molecule has 0 radical (unpaired) electrons. The maximum atomic E-state index is 14.5. The van der Waals surface area contributed by atoms with Gasteiger partial charge in [0.1, 0.15) is 17.7 Å². The third kappa shape index (κ3) is 8.80. The normalized spacial score (nSPS) is 21.9. The molecule has 0 aromatic carbocycles. The Kier molecular flexibility index (Phi) is 13.1. The fraction of sp³-hybridized carbons (Fsp3) is 0.568. The number of nitrogens with zero attached hydrogens (tertiary/aromatic N) is 7. The lowest BCUT2D eigenvalue weighted by atomic mass is 9.84. The Balaban J connectivity index is 1.30. The molecule has 2 saturated heterocycles. The van der Waals surface area contributed by atoms with E-state index in [4.69, 9.17) is 29.2 Å². The zero-order valence-electron chi connectivity index (χ0n) is 37.1. The Morgan fingerprint density at radius 3 is 2.63 bits per heavy atom. The fourth-order valence-corrected chi connectivity index (χ4v) is 9.55. The number of hydrogen-bond acceptors (Lipinski definition) is 13. The second-order valence-electron chi connectivity index (χ2n) is 17.7. The number of thiazole rings is 1. The molecule has 0 aliphatic carbocycles. The van der Waals surface area contributed by atoms with Crippen molar-refractivity contribution < 1.29 is 38.5 Å². The standard InChI is InChI=1S/C44H59N9O8S/c1-10-52-37(29-13-11-15-45-35(29)26(4)59-8)31-19-43(5,6)24-61-41(56)44(58)14-12-16-53(49-44)40(55)32(18-34-47-33(23-62-34)27-17-30(31)38(52)46-20-27)48-39(54)36(25(2)3)50(7)42(57)51-21-28(22-51)60-9/h11,13,15,17,20,23,25-26,28,32,36,49,58H,10,12,14,16,18-19,21-22,24H2,1-9H3,(H,48,54)/t26-,32-,36-,44-/m0/s1. The van der Waals surface area contributed by atoms with Crippen LogP contribution in [-0.4, -0.2) is 135 Å². The number of urea groups is 1. The number of carbonyl (C=O) groups is 4. The Hall–Kier alpha value is -5.01. The second-order valence-corrected chi connectivity index (χ2v) is 18.6. The summed E-state index contributed by atoms with van der Waals surface area (Å²) in [5, 5.41) is 19.3. The van der Waals surface area contributed by atoms with Gasteiger partial charge in [0.2, 0.25) is 11.6 Å². The van der Waals surface area contributed by atoms with Crippen LogP contribution in [0.25, 0.3) is 33.5 Å². The molecular weight excluding hydrogens is 815 g/mol. The number of likely N-dealkylation sites (tertiary alicyclic amines) is 1. The molecule has 17 nitrogen and oxygen atoms in total. The first-order valence-corrected chi connectivity index (χ1v) is 22.1. The van der Waals surface area contributed by atoms with E-state index in [2.05, 4.69) is 28.3 Å². The van der Waals surface area contributed by atoms with Crippen LogP contribution in [0.2, 0.25) is 0 Å². The summed E-state index contributed by atoms with van der Waals surface area (Å²) < 4.78 is 19.2. The van der Waals surface area contributed by atoms with Crippen molar-refractivity contribution in [3.8, 4) is 22.5 Å². The molecular formula is C44H59N9O8S. The highest BCUT2D eigenvalue weighted by molar-refractivity contribution is 7.10.